The maximum Gasteiger partial charge on any atom is 0.246 e. The van der Waals surface area contributed by atoms with Crippen LogP contribution in [0.3, 0.4) is 0 Å². The fraction of sp³-hybridized carbons (Fsp3) is 0.778. The van der Waals surface area contributed by atoms with Crippen LogP contribution in [0.1, 0.15) is 46.5 Å². The lowest BCUT2D eigenvalue weighted by molar-refractivity contribution is -0.150. The van der Waals surface area contributed by atoms with Gasteiger partial charge in [0.25, 0.3) is 0 Å². The standard InChI is InChI=1S/C18H30N4O4/c1-18(2,3)17(26)22-10-6-8-13(22)16(25)21-9-5-7-12(21)15(24)20-11-14(23)19-4/h12-13H,5-11H2,1-4H3,(H,19,23)(H,20,24)/t12-,13-/m0/s1. The van der Waals surface area contributed by atoms with Crippen molar-refractivity contribution >= 4 is 23.6 Å². The molecule has 26 heavy (non-hydrogen) atoms. The lowest BCUT2D eigenvalue weighted by atomic mass is 9.94. The van der Waals surface area contributed by atoms with Crippen molar-refractivity contribution in [1.29, 1.82) is 0 Å². The summed E-state index contributed by atoms with van der Waals surface area (Å²) < 4.78 is 0. The van der Waals surface area contributed by atoms with Crippen molar-refractivity contribution in [3.63, 3.8) is 0 Å². The molecule has 0 radical (unpaired) electrons. The van der Waals surface area contributed by atoms with Crippen molar-refractivity contribution < 1.29 is 19.2 Å². The lowest BCUT2D eigenvalue weighted by Crippen LogP contribution is -2.54. The number of carbonyl (C=O) groups excluding carboxylic acids is 4. The Kier molecular flexibility index (Phi) is 6.26. The molecule has 0 unspecified atom stereocenters. The Bertz CT molecular complexity index is 584. The summed E-state index contributed by atoms with van der Waals surface area (Å²) in [5, 5.41) is 5.03. The van der Waals surface area contributed by atoms with Gasteiger partial charge in [-0.2, -0.15) is 0 Å². The van der Waals surface area contributed by atoms with E-state index in [4.69, 9.17) is 0 Å². The summed E-state index contributed by atoms with van der Waals surface area (Å²) in [4.78, 5) is 52.7. The van der Waals surface area contributed by atoms with Crippen LogP contribution in [-0.2, 0) is 19.2 Å². The van der Waals surface area contributed by atoms with Crippen LogP contribution in [0, 0.1) is 5.41 Å². The van der Waals surface area contributed by atoms with E-state index in [1.165, 1.54) is 7.05 Å². The van der Waals surface area contributed by atoms with Gasteiger partial charge < -0.3 is 20.4 Å². The highest BCUT2D eigenvalue weighted by Crippen LogP contribution is 2.28. The van der Waals surface area contributed by atoms with E-state index in [9.17, 15) is 19.2 Å². The minimum atomic E-state index is -0.570. The summed E-state index contributed by atoms with van der Waals surface area (Å²) in [6.45, 7) is 6.52. The van der Waals surface area contributed by atoms with Gasteiger partial charge in [0.1, 0.15) is 12.1 Å². The SMILES string of the molecule is CNC(=O)CNC(=O)[C@@H]1CCCN1C(=O)[C@@H]1CCCN1C(=O)C(C)(C)C. The molecule has 0 aromatic carbocycles. The van der Waals surface area contributed by atoms with Crippen LogP contribution in [0.4, 0.5) is 0 Å². The molecule has 0 aromatic rings. The molecule has 2 rings (SSSR count). The highest BCUT2D eigenvalue weighted by Gasteiger charge is 2.43. The normalized spacial score (nSPS) is 23.1. The predicted molar refractivity (Wildman–Crippen MR) is 96.0 cm³/mol. The van der Waals surface area contributed by atoms with Gasteiger partial charge in [-0.1, -0.05) is 20.8 Å². The Morgan fingerprint density at radius 2 is 1.54 bits per heavy atom. The van der Waals surface area contributed by atoms with E-state index in [0.717, 1.165) is 12.8 Å². The molecule has 0 saturated carbocycles. The third-order valence-corrected chi connectivity index (χ3v) is 4.98. The molecule has 0 spiro atoms. The monoisotopic (exact) mass is 366 g/mol. The number of hydrogen-bond donors (Lipinski definition) is 2. The number of rotatable bonds is 4. The summed E-state index contributed by atoms with van der Waals surface area (Å²) in [6, 6.07) is -1.06. The highest BCUT2D eigenvalue weighted by atomic mass is 16.2. The summed E-state index contributed by atoms with van der Waals surface area (Å²) in [6.07, 6.45) is 2.73. The molecule has 4 amide bonds. The number of likely N-dealkylation sites (tertiary alicyclic amines) is 2. The molecule has 8 nitrogen and oxygen atoms in total. The first-order valence-electron chi connectivity index (χ1n) is 9.26. The molecule has 2 N–H and O–H groups in total. The van der Waals surface area contributed by atoms with E-state index in [1.54, 1.807) is 9.80 Å². The van der Waals surface area contributed by atoms with Crippen LogP contribution in [0.15, 0.2) is 0 Å². The summed E-state index contributed by atoms with van der Waals surface area (Å²) >= 11 is 0. The average Bonchev–Trinajstić information content (AvgIpc) is 3.26. The molecule has 146 valence electrons. The number of nitrogens with zero attached hydrogens (tertiary/aromatic N) is 2. The second kappa shape index (κ2) is 8.05. The van der Waals surface area contributed by atoms with E-state index in [1.807, 2.05) is 20.8 Å². The minimum absolute atomic E-state index is 0.0341. The van der Waals surface area contributed by atoms with Gasteiger partial charge in [-0.3, -0.25) is 19.2 Å². The molecule has 2 aliphatic heterocycles. The van der Waals surface area contributed by atoms with Gasteiger partial charge in [0.15, 0.2) is 0 Å². The van der Waals surface area contributed by atoms with Gasteiger partial charge in [-0.25, -0.2) is 0 Å². The second-order valence-electron chi connectivity index (χ2n) is 7.99. The van der Waals surface area contributed by atoms with Gasteiger partial charge in [0.2, 0.25) is 23.6 Å². The largest absolute Gasteiger partial charge is 0.358 e. The summed E-state index contributed by atoms with van der Waals surface area (Å²) in [5.74, 6) is -0.788. The van der Waals surface area contributed by atoms with Gasteiger partial charge in [0, 0.05) is 25.6 Å². The van der Waals surface area contributed by atoms with Gasteiger partial charge in [-0.05, 0) is 25.7 Å². The maximum atomic E-state index is 13.1. The van der Waals surface area contributed by atoms with Crippen molar-refractivity contribution in [2.24, 2.45) is 5.41 Å². The maximum absolute atomic E-state index is 13.1. The van der Waals surface area contributed by atoms with Crippen molar-refractivity contribution in [3.8, 4) is 0 Å². The fourth-order valence-corrected chi connectivity index (χ4v) is 3.57. The van der Waals surface area contributed by atoms with Crippen molar-refractivity contribution in [2.45, 2.75) is 58.5 Å². The molecule has 0 aromatic heterocycles. The summed E-state index contributed by atoms with van der Waals surface area (Å²) in [7, 11) is 1.50. The van der Waals surface area contributed by atoms with E-state index in [2.05, 4.69) is 10.6 Å². The van der Waals surface area contributed by atoms with E-state index in [0.29, 0.717) is 25.9 Å². The molecular weight excluding hydrogens is 336 g/mol. The first-order valence-corrected chi connectivity index (χ1v) is 9.26. The van der Waals surface area contributed by atoms with Crippen LogP contribution < -0.4 is 10.6 Å². The van der Waals surface area contributed by atoms with E-state index < -0.39 is 17.5 Å². The first kappa shape index (κ1) is 20.2. The quantitative estimate of drug-likeness (QED) is 0.724. The van der Waals surface area contributed by atoms with Gasteiger partial charge in [0.05, 0.1) is 6.54 Å². The van der Waals surface area contributed by atoms with Crippen LogP contribution in [0.5, 0.6) is 0 Å². The lowest BCUT2D eigenvalue weighted by Gasteiger charge is -2.33. The number of likely N-dealkylation sites (N-methyl/N-ethyl adjacent to an activating group) is 1. The Labute approximate surface area is 154 Å². The third kappa shape index (κ3) is 4.34. The second-order valence-corrected chi connectivity index (χ2v) is 7.99. The van der Waals surface area contributed by atoms with Crippen molar-refractivity contribution in [3.05, 3.63) is 0 Å². The highest BCUT2D eigenvalue weighted by molar-refractivity contribution is 5.94. The third-order valence-electron chi connectivity index (χ3n) is 4.98. The predicted octanol–water partition coefficient (Wildman–Crippen LogP) is -0.123. The van der Waals surface area contributed by atoms with Crippen LogP contribution in [0.2, 0.25) is 0 Å². The summed E-state index contributed by atoms with van der Waals surface area (Å²) in [5.41, 5.74) is -0.543. The number of amides is 4. The molecule has 2 saturated heterocycles. The Morgan fingerprint density at radius 1 is 0.962 bits per heavy atom. The van der Waals surface area contributed by atoms with Crippen molar-refractivity contribution in [2.75, 3.05) is 26.7 Å². The Morgan fingerprint density at radius 3 is 2.12 bits per heavy atom. The fourth-order valence-electron chi connectivity index (χ4n) is 3.57. The number of nitrogens with one attached hydrogen (secondary N) is 2. The Balaban J connectivity index is 2.06. The average molecular weight is 366 g/mol. The Hall–Kier alpha value is -2.12. The zero-order valence-electron chi connectivity index (χ0n) is 16.1. The van der Waals surface area contributed by atoms with Crippen LogP contribution in [0.25, 0.3) is 0 Å². The molecule has 0 aliphatic carbocycles. The smallest absolute Gasteiger partial charge is 0.246 e. The van der Waals surface area contributed by atoms with Gasteiger partial charge >= 0.3 is 0 Å². The minimum Gasteiger partial charge on any atom is -0.358 e. The van der Waals surface area contributed by atoms with Crippen LogP contribution >= 0.6 is 0 Å². The molecule has 2 heterocycles. The zero-order valence-corrected chi connectivity index (χ0v) is 16.1. The molecule has 2 aliphatic rings. The molecule has 8 heteroatoms. The number of carbonyl (C=O) groups is 4. The van der Waals surface area contributed by atoms with Gasteiger partial charge in [-0.15, -0.1) is 0 Å². The van der Waals surface area contributed by atoms with E-state index >= 15 is 0 Å². The molecule has 0 bridgehead atoms. The van der Waals surface area contributed by atoms with Crippen molar-refractivity contribution in [1.82, 2.24) is 20.4 Å². The van der Waals surface area contributed by atoms with E-state index in [-0.39, 0.29) is 30.2 Å². The number of hydrogen-bond acceptors (Lipinski definition) is 4. The zero-order chi connectivity index (χ0) is 19.5. The molecular formula is C18H30N4O4. The molecule has 2 fully saturated rings. The van der Waals surface area contributed by atoms with Crippen LogP contribution in [-0.4, -0.2) is 72.2 Å². The topological polar surface area (TPSA) is 98.8 Å². The molecule has 2 atom stereocenters. The first-order chi connectivity index (χ1) is 12.2.